The molecule has 1 aromatic heterocycles. The average molecular weight is 335 g/mol. The monoisotopic (exact) mass is 335 g/mol. The number of carbonyl (C=O) groups is 1. The summed E-state index contributed by atoms with van der Waals surface area (Å²) in [7, 11) is 1.49. The lowest BCUT2D eigenvalue weighted by Gasteiger charge is -2.31. The highest BCUT2D eigenvalue weighted by atomic mass is 16.7. The van der Waals surface area contributed by atoms with Gasteiger partial charge in [-0.05, 0) is 11.6 Å². The Kier molecular flexibility index (Phi) is 3.17. The van der Waals surface area contributed by atoms with Crippen molar-refractivity contribution in [2.24, 2.45) is 0 Å². The molecule has 2 aliphatic heterocycles. The number of ether oxygens (including phenoxy) is 2. The number of benzene rings is 1. The summed E-state index contributed by atoms with van der Waals surface area (Å²) < 4.78 is 11.6. The normalized spacial score (nSPS) is 35.2. The van der Waals surface area contributed by atoms with Gasteiger partial charge in [0.2, 0.25) is 11.4 Å². The highest BCUT2D eigenvalue weighted by molar-refractivity contribution is 5.88. The quantitative estimate of drug-likeness (QED) is 0.616. The third-order valence-corrected chi connectivity index (χ3v) is 4.78. The molecule has 24 heavy (non-hydrogen) atoms. The molecular weight excluding hydrogens is 318 g/mol. The first-order valence-electron chi connectivity index (χ1n) is 7.52. The van der Waals surface area contributed by atoms with E-state index in [1.807, 2.05) is 24.3 Å². The number of hydrogen-bond acceptors (Lipinski definition) is 7. The number of aliphatic hydroxyl groups excluding tert-OH is 1. The largest absolute Gasteiger partial charge is 0.451 e. The van der Waals surface area contributed by atoms with Crippen LogP contribution in [0.25, 0.3) is 10.9 Å². The van der Waals surface area contributed by atoms with Crippen LogP contribution in [0.4, 0.5) is 0 Å². The summed E-state index contributed by atoms with van der Waals surface area (Å²) in [5.41, 5.74) is -0.996. The maximum Gasteiger partial charge on any atom is 0.344 e. The van der Waals surface area contributed by atoms with Crippen LogP contribution in [0.15, 0.2) is 30.5 Å². The van der Waals surface area contributed by atoms with E-state index in [1.165, 1.54) is 11.8 Å². The molecule has 4 atom stereocenters. The lowest BCUT2D eigenvalue weighted by atomic mass is 9.85. The second-order valence-electron chi connectivity index (χ2n) is 6.12. The Morgan fingerprint density at radius 3 is 2.88 bits per heavy atom. The van der Waals surface area contributed by atoms with Crippen molar-refractivity contribution in [3.63, 3.8) is 0 Å². The van der Waals surface area contributed by atoms with Crippen LogP contribution in [0.2, 0.25) is 0 Å². The number of esters is 1. The minimum Gasteiger partial charge on any atom is -0.451 e. The molecule has 0 aliphatic carbocycles. The molecule has 2 aromatic rings. The summed E-state index contributed by atoms with van der Waals surface area (Å²) in [6.07, 6.45) is -1.13. The molecule has 0 spiro atoms. The van der Waals surface area contributed by atoms with E-state index in [9.17, 15) is 20.1 Å². The van der Waals surface area contributed by atoms with E-state index < -0.39 is 29.6 Å². The number of hydrogen-bond donors (Lipinski definition) is 3. The first kappa shape index (κ1) is 15.4. The Hall–Kier alpha value is -2.13. The molecule has 8 heteroatoms. The zero-order valence-electron chi connectivity index (χ0n) is 12.9. The number of nitrogens with zero attached hydrogens (tertiary/aromatic N) is 1. The third-order valence-electron chi connectivity index (χ3n) is 4.78. The van der Waals surface area contributed by atoms with Crippen molar-refractivity contribution in [1.29, 1.82) is 0 Å². The van der Waals surface area contributed by atoms with Gasteiger partial charge in [0.1, 0.15) is 13.2 Å². The van der Waals surface area contributed by atoms with Crippen LogP contribution in [-0.4, -0.2) is 63.3 Å². The smallest absolute Gasteiger partial charge is 0.344 e. The SMILES string of the molecule is COn1cc(C[C@@]2(O)C(=O)OC3[C@@H](O)CO[C@@]32O)c2ccccc21. The first-order valence-corrected chi connectivity index (χ1v) is 7.52. The van der Waals surface area contributed by atoms with Gasteiger partial charge in [0, 0.05) is 18.0 Å². The number of rotatable bonds is 3. The van der Waals surface area contributed by atoms with E-state index in [4.69, 9.17) is 14.3 Å². The molecule has 128 valence electrons. The van der Waals surface area contributed by atoms with Crippen molar-refractivity contribution < 1.29 is 34.4 Å². The van der Waals surface area contributed by atoms with Crippen LogP contribution < -0.4 is 4.84 Å². The Morgan fingerprint density at radius 2 is 2.12 bits per heavy atom. The van der Waals surface area contributed by atoms with Crippen molar-refractivity contribution in [2.75, 3.05) is 13.7 Å². The van der Waals surface area contributed by atoms with Gasteiger partial charge in [-0.15, -0.1) is 0 Å². The van der Waals surface area contributed by atoms with E-state index >= 15 is 0 Å². The molecule has 0 radical (unpaired) electrons. The maximum absolute atomic E-state index is 12.2. The molecule has 2 saturated heterocycles. The van der Waals surface area contributed by atoms with Crippen molar-refractivity contribution >= 4 is 16.9 Å². The van der Waals surface area contributed by atoms with Crippen molar-refractivity contribution in [1.82, 2.24) is 4.73 Å². The van der Waals surface area contributed by atoms with Gasteiger partial charge >= 0.3 is 5.97 Å². The summed E-state index contributed by atoms with van der Waals surface area (Å²) >= 11 is 0. The summed E-state index contributed by atoms with van der Waals surface area (Å²) in [4.78, 5) is 17.5. The summed E-state index contributed by atoms with van der Waals surface area (Å²) in [5.74, 6) is -3.32. The van der Waals surface area contributed by atoms with Gasteiger partial charge in [-0.2, -0.15) is 4.73 Å². The van der Waals surface area contributed by atoms with Crippen LogP contribution in [0, 0.1) is 0 Å². The van der Waals surface area contributed by atoms with Gasteiger partial charge in [0.05, 0.1) is 12.1 Å². The Balaban J connectivity index is 1.79. The Labute approximate surface area is 136 Å². The first-order chi connectivity index (χ1) is 11.4. The molecule has 2 aliphatic rings. The lowest BCUT2D eigenvalue weighted by molar-refractivity contribution is -0.262. The summed E-state index contributed by atoms with van der Waals surface area (Å²) in [6, 6.07) is 7.29. The molecule has 1 unspecified atom stereocenters. The number of carbonyl (C=O) groups excluding carboxylic acids is 1. The van der Waals surface area contributed by atoms with Gasteiger partial charge in [-0.3, -0.25) is 0 Å². The zero-order valence-corrected chi connectivity index (χ0v) is 12.9. The Morgan fingerprint density at radius 1 is 1.38 bits per heavy atom. The molecule has 1 aromatic carbocycles. The number of aliphatic hydroxyl groups is 3. The van der Waals surface area contributed by atoms with Crippen molar-refractivity contribution in [3.8, 4) is 0 Å². The van der Waals surface area contributed by atoms with Crippen LogP contribution in [0.5, 0.6) is 0 Å². The van der Waals surface area contributed by atoms with Crippen molar-refractivity contribution in [2.45, 2.75) is 30.0 Å². The van der Waals surface area contributed by atoms with Gasteiger partial charge < -0.3 is 29.6 Å². The molecule has 4 rings (SSSR count). The minimum absolute atomic E-state index is 0.226. The molecule has 0 bridgehead atoms. The highest BCUT2D eigenvalue weighted by Crippen LogP contribution is 2.45. The number of fused-ring (bicyclic) bond motifs is 2. The van der Waals surface area contributed by atoms with E-state index in [0.29, 0.717) is 5.56 Å². The number of para-hydroxylation sites is 1. The maximum atomic E-state index is 12.2. The predicted molar refractivity (Wildman–Crippen MR) is 79.9 cm³/mol. The topological polar surface area (TPSA) is 110 Å². The second kappa shape index (κ2) is 4.93. The second-order valence-corrected chi connectivity index (χ2v) is 6.12. The number of aromatic nitrogens is 1. The molecular formula is C16H17NO7. The molecule has 0 amide bonds. The van der Waals surface area contributed by atoms with Crippen LogP contribution in [0.3, 0.4) is 0 Å². The highest BCUT2D eigenvalue weighted by Gasteiger charge is 2.73. The van der Waals surface area contributed by atoms with E-state index in [1.54, 1.807) is 6.20 Å². The van der Waals surface area contributed by atoms with Gasteiger partial charge in [-0.25, -0.2) is 4.79 Å². The fourth-order valence-corrected chi connectivity index (χ4v) is 3.50. The van der Waals surface area contributed by atoms with Crippen molar-refractivity contribution in [3.05, 3.63) is 36.0 Å². The van der Waals surface area contributed by atoms with Crippen LogP contribution >= 0.6 is 0 Å². The van der Waals surface area contributed by atoms with E-state index in [0.717, 1.165) is 10.9 Å². The Bertz CT molecular complexity index is 818. The van der Waals surface area contributed by atoms with Gasteiger partial charge in [0.25, 0.3) is 0 Å². The fraction of sp³-hybridized carbons (Fsp3) is 0.438. The summed E-state index contributed by atoms with van der Waals surface area (Å²) in [5, 5.41) is 32.1. The van der Waals surface area contributed by atoms with E-state index in [2.05, 4.69) is 0 Å². The van der Waals surface area contributed by atoms with Crippen LogP contribution in [0.1, 0.15) is 5.56 Å². The standard InChI is InChI=1S/C16H17NO7/c1-22-17-7-9(10-4-2-3-5-11(10)17)6-15(20)14(19)24-13-12(18)8-23-16(13,15)21/h2-5,7,12-13,18,20-21H,6,8H2,1H3/t12-,13?,15+,16-/m0/s1. The molecule has 0 saturated carbocycles. The minimum atomic E-state index is -2.32. The molecule has 3 N–H and O–H groups in total. The molecule has 2 fully saturated rings. The molecule has 8 nitrogen and oxygen atoms in total. The van der Waals surface area contributed by atoms with Gasteiger partial charge in [0.15, 0.2) is 6.10 Å². The molecule has 3 heterocycles. The third kappa shape index (κ3) is 1.79. The van der Waals surface area contributed by atoms with Gasteiger partial charge in [-0.1, -0.05) is 18.2 Å². The average Bonchev–Trinajstić information content (AvgIpc) is 3.14. The van der Waals surface area contributed by atoms with Crippen LogP contribution in [-0.2, 0) is 20.7 Å². The summed E-state index contributed by atoms with van der Waals surface area (Å²) in [6.45, 7) is -0.226. The fourth-order valence-electron chi connectivity index (χ4n) is 3.50. The lowest BCUT2D eigenvalue weighted by Crippen LogP contribution is -2.59. The zero-order chi connectivity index (χ0) is 17.1. The predicted octanol–water partition coefficient (Wildman–Crippen LogP) is -1.02. The van der Waals surface area contributed by atoms with E-state index in [-0.39, 0.29) is 13.0 Å².